The van der Waals surface area contributed by atoms with Gasteiger partial charge in [-0.05, 0) is 50.5 Å². The molecule has 24 heavy (non-hydrogen) atoms. The van der Waals surface area contributed by atoms with Crippen molar-refractivity contribution < 1.29 is 4.79 Å². The van der Waals surface area contributed by atoms with Crippen LogP contribution in [0.4, 0.5) is 0 Å². The quantitative estimate of drug-likeness (QED) is 0.821. The van der Waals surface area contributed by atoms with Gasteiger partial charge in [-0.3, -0.25) is 9.78 Å². The number of pyridine rings is 1. The smallest absolute Gasteiger partial charge is 0.253 e. The molecule has 2 rings (SSSR count). The van der Waals surface area contributed by atoms with Crippen molar-refractivity contribution in [3.8, 4) is 0 Å². The van der Waals surface area contributed by atoms with Crippen molar-refractivity contribution in [2.45, 2.75) is 52.6 Å². The lowest BCUT2D eigenvalue weighted by molar-refractivity contribution is 0.0894. The Morgan fingerprint density at radius 3 is 2.42 bits per heavy atom. The Morgan fingerprint density at radius 2 is 1.88 bits per heavy atom. The van der Waals surface area contributed by atoms with Gasteiger partial charge >= 0.3 is 0 Å². The van der Waals surface area contributed by atoms with Crippen LogP contribution in [-0.2, 0) is 6.54 Å². The summed E-state index contributed by atoms with van der Waals surface area (Å²) in [6, 6.07) is 5.94. The molecule has 0 saturated carbocycles. The van der Waals surface area contributed by atoms with Crippen molar-refractivity contribution in [2.24, 2.45) is 5.73 Å². The fraction of sp³-hybridized carbons (Fsp3) is 0.474. The van der Waals surface area contributed by atoms with E-state index in [0.29, 0.717) is 6.54 Å². The first kappa shape index (κ1) is 18.2. The number of carbonyl (C=O) groups excluding carboxylic acids is 1. The molecule has 0 saturated heterocycles. The van der Waals surface area contributed by atoms with Gasteiger partial charge in [-0.1, -0.05) is 13.8 Å². The van der Waals surface area contributed by atoms with Crippen molar-refractivity contribution in [2.75, 3.05) is 6.54 Å². The van der Waals surface area contributed by atoms with Gasteiger partial charge in [0.15, 0.2) is 0 Å². The molecule has 0 atom stereocenters. The largest absolute Gasteiger partial charge is 0.345 e. The van der Waals surface area contributed by atoms with Crippen molar-refractivity contribution >= 4 is 5.91 Å². The minimum absolute atomic E-state index is 0.0433. The van der Waals surface area contributed by atoms with Crippen LogP contribution in [0.3, 0.4) is 0 Å². The van der Waals surface area contributed by atoms with Crippen LogP contribution in [0.15, 0.2) is 30.6 Å². The lowest BCUT2D eigenvalue weighted by Gasteiger charge is -2.31. The van der Waals surface area contributed by atoms with Crippen LogP contribution in [0.25, 0.3) is 0 Å². The molecule has 5 heteroatoms. The molecule has 130 valence electrons. The van der Waals surface area contributed by atoms with Gasteiger partial charge in [0.05, 0.1) is 11.1 Å². The molecule has 0 aliphatic rings. The minimum Gasteiger partial charge on any atom is -0.345 e. The van der Waals surface area contributed by atoms with Crippen LogP contribution in [0.2, 0.25) is 0 Å². The molecule has 2 aromatic rings. The lowest BCUT2D eigenvalue weighted by atomic mass is 9.92. The molecule has 0 spiro atoms. The summed E-state index contributed by atoms with van der Waals surface area (Å²) in [5, 5.41) is 3.15. The second kappa shape index (κ2) is 7.62. The maximum absolute atomic E-state index is 12.8. The molecule has 2 aromatic heterocycles. The molecule has 3 N–H and O–H groups in total. The lowest BCUT2D eigenvalue weighted by Crippen LogP contribution is -2.52. The summed E-state index contributed by atoms with van der Waals surface area (Å²) >= 11 is 0. The van der Waals surface area contributed by atoms with Gasteiger partial charge < -0.3 is 15.6 Å². The van der Waals surface area contributed by atoms with Gasteiger partial charge in [0, 0.05) is 36.9 Å². The molecular formula is C19H28N4O. The minimum atomic E-state index is -0.329. The van der Waals surface area contributed by atoms with E-state index in [0.717, 1.165) is 41.9 Å². The van der Waals surface area contributed by atoms with Crippen molar-refractivity contribution in [3.63, 3.8) is 0 Å². The highest BCUT2D eigenvalue weighted by molar-refractivity contribution is 5.96. The van der Waals surface area contributed by atoms with Crippen LogP contribution in [0, 0.1) is 13.8 Å². The van der Waals surface area contributed by atoms with E-state index in [1.165, 1.54) is 0 Å². The van der Waals surface area contributed by atoms with Gasteiger partial charge in [0.1, 0.15) is 0 Å². The molecule has 0 unspecified atom stereocenters. The first-order valence-corrected chi connectivity index (χ1v) is 8.54. The topological polar surface area (TPSA) is 72.9 Å². The Hall–Kier alpha value is -2.14. The molecule has 0 radical (unpaired) electrons. The third kappa shape index (κ3) is 3.67. The molecular weight excluding hydrogens is 300 g/mol. The first-order valence-electron chi connectivity index (χ1n) is 8.54. The number of nitrogens with zero attached hydrogens (tertiary/aromatic N) is 2. The predicted octanol–water partition coefficient (Wildman–Crippen LogP) is 2.80. The Labute approximate surface area is 144 Å². The highest BCUT2D eigenvalue weighted by Crippen LogP contribution is 2.20. The van der Waals surface area contributed by atoms with Crippen LogP contribution < -0.4 is 11.1 Å². The fourth-order valence-corrected chi connectivity index (χ4v) is 3.02. The Kier molecular flexibility index (Phi) is 5.78. The van der Waals surface area contributed by atoms with Gasteiger partial charge in [0.25, 0.3) is 5.91 Å². The summed E-state index contributed by atoms with van der Waals surface area (Å²) < 4.78 is 2.16. The zero-order valence-corrected chi connectivity index (χ0v) is 15.1. The first-order chi connectivity index (χ1) is 11.5. The van der Waals surface area contributed by atoms with E-state index in [2.05, 4.69) is 28.7 Å². The van der Waals surface area contributed by atoms with Gasteiger partial charge in [-0.15, -0.1) is 0 Å². The van der Waals surface area contributed by atoms with Crippen LogP contribution in [0.5, 0.6) is 0 Å². The Morgan fingerprint density at radius 1 is 1.25 bits per heavy atom. The maximum Gasteiger partial charge on any atom is 0.253 e. The van der Waals surface area contributed by atoms with E-state index in [4.69, 9.17) is 5.73 Å². The van der Waals surface area contributed by atoms with E-state index >= 15 is 0 Å². The molecule has 2 heterocycles. The maximum atomic E-state index is 12.8. The Balaban J connectivity index is 2.26. The van der Waals surface area contributed by atoms with E-state index < -0.39 is 0 Å². The normalized spacial score (nSPS) is 11.5. The summed E-state index contributed by atoms with van der Waals surface area (Å²) in [4.78, 5) is 16.8. The number of aryl methyl sites for hydroxylation is 1. The van der Waals surface area contributed by atoms with Gasteiger partial charge in [0.2, 0.25) is 0 Å². The molecule has 0 fully saturated rings. The van der Waals surface area contributed by atoms with Crippen LogP contribution in [0.1, 0.15) is 54.0 Å². The molecule has 0 bridgehead atoms. The van der Waals surface area contributed by atoms with E-state index in [-0.39, 0.29) is 11.4 Å². The number of aromatic nitrogens is 2. The standard InChI is InChI=1S/C19H28N4O/c1-5-19(6-2,13-20)22-18(24)17-11-14(3)23(15(17)4)12-16-7-9-21-10-8-16/h7-11H,5-6,12-13,20H2,1-4H3,(H,22,24). The third-order valence-corrected chi connectivity index (χ3v) is 5.03. The van der Waals surface area contributed by atoms with Crippen molar-refractivity contribution in [1.82, 2.24) is 14.9 Å². The van der Waals surface area contributed by atoms with Crippen LogP contribution in [-0.4, -0.2) is 27.5 Å². The van der Waals surface area contributed by atoms with Crippen LogP contribution >= 0.6 is 0 Å². The average molecular weight is 328 g/mol. The third-order valence-electron chi connectivity index (χ3n) is 5.03. The highest BCUT2D eigenvalue weighted by Gasteiger charge is 2.28. The molecule has 1 amide bonds. The summed E-state index contributed by atoms with van der Waals surface area (Å²) in [5.74, 6) is -0.0433. The summed E-state index contributed by atoms with van der Waals surface area (Å²) in [6.45, 7) is 9.32. The second-order valence-electron chi connectivity index (χ2n) is 6.37. The number of hydrogen-bond donors (Lipinski definition) is 2. The molecule has 0 aliphatic heterocycles. The second-order valence-corrected chi connectivity index (χ2v) is 6.37. The zero-order valence-electron chi connectivity index (χ0n) is 15.1. The zero-order chi connectivity index (χ0) is 17.7. The van der Waals surface area contributed by atoms with Gasteiger partial charge in [-0.25, -0.2) is 0 Å². The number of nitrogens with two attached hydrogens (primary N) is 1. The van der Waals surface area contributed by atoms with Crippen molar-refractivity contribution in [3.05, 3.63) is 53.1 Å². The average Bonchev–Trinajstić information content (AvgIpc) is 2.89. The van der Waals surface area contributed by atoms with E-state index in [1.807, 2.05) is 32.0 Å². The van der Waals surface area contributed by atoms with E-state index in [1.54, 1.807) is 12.4 Å². The van der Waals surface area contributed by atoms with Gasteiger partial charge in [-0.2, -0.15) is 0 Å². The van der Waals surface area contributed by atoms with Crippen molar-refractivity contribution in [1.29, 1.82) is 0 Å². The number of amides is 1. The number of nitrogens with one attached hydrogen (secondary N) is 1. The number of rotatable bonds is 7. The summed E-state index contributed by atoms with van der Waals surface area (Å²) in [6.07, 6.45) is 5.22. The predicted molar refractivity (Wildman–Crippen MR) is 97.1 cm³/mol. The Bertz CT molecular complexity index is 679. The molecule has 5 nitrogen and oxygen atoms in total. The number of carbonyl (C=O) groups is 1. The summed E-state index contributed by atoms with van der Waals surface area (Å²) in [5.41, 5.74) is 9.51. The highest BCUT2D eigenvalue weighted by atomic mass is 16.1. The SMILES string of the molecule is CCC(CC)(CN)NC(=O)c1cc(C)n(Cc2ccncc2)c1C. The van der Waals surface area contributed by atoms with E-state index in [9.17, 15) is 4.79 Å². The monoisotopic (exact) mass is 328 g/mol. The fourth-order valence-electron chi connectivity index (χ4n) is 3.02. The molecule has 0 aliphatic carbocycles. The summed E-state index contributed by atoms with van der Waals surface area (Å²) in [7, 11) is 0. The molecule has 0 aromatic carbocycles. The number of hydrogen-bond acceptors (Lipinski definition) is 3.